The molecule has 0 bridgehead atoms. The standard InChI is InChI=1S/C14H26O4.C12H19F3O4/c1-5-11(6-2)12(9-10(3)4)18-14(17)8-7-13(15)16;1-5-18-9(16)7-11(4,10(17)19-6-2)8(3)12(13,14)15/h10-12H,5-9H2,1-4H3,(H,15,16);8H,5-7H2,1-4H3. The molecular formula is C26H45F3O8. The third kappa shape index (κ3) is 14.9. The summed E-state index contributed by atoms with van der Waals surface area (Å²) in [5, 5.41) is 8.54. The van der Waals surface area contributed by atoms with Gasteiger partial charge in [0.1, 0.15) is 6.10 Å². The van der Waals surface area contributed by atoms with Crippen LogP contribution < -0.4 is 0 Å². The fourth-order valence-corrected chi connectivity index (χ4v) is 3.62. The molecule has 0 spiro atoms. The van der Waals surface area contributed by atoms with Gasteiger partial charge in [-0.25, -0.2) is 0 Å². The molecule has 0 aliphatic heterocycles. The van der Waals surface area contributed by atoms with E-state index in [9.17, 15) is 32.3 Å². The first-order valence-corrected chi connectivity index (χ1v) is 12.8. The normalized spacial score (nSPS) is 14.6. The van der Waals surface area contributed by atoms with Crippen LogP contribution in [0.5, 0.6) is 0 Å². The van der Waals surface area contributed by atoms with E-state index >= 15 is 0 Å². The first kappa shape index (κ1) is 36.8. The zero-order valence-corrected chi connectivity index (χ0v) is 23.4. The average Bonchev–Trinajstić information content (AvgIpc) is 2.77. The second-order valence-electron chi connectivity index (χ2n) is 9.51. The van der Waals surface area contributed by atoms with E-state index in [1.54, 1.807) is 0 Å². The van der Waals surface area contributed by atoms with E-state index < -0.39 is 47.8 Å². The molecule has 3 atom stereocenters. The third-order valence-corrected chi connectivity index (χ3v) is 6.11. The van der Waals surface area contributed by atoms with E-state index in [0.29, 0.717) is 11.8 Å². The summed E-state index contributed by atoms with van der Waals surface area (Å²) < 4.78 is 53.2. The maximum Gasteiger partial charge on any atom is 0.392 e. The van der Waals surface area contributed by atoms with Gasteiger partial charge in [0.25, 0.3) is 0 Å². The Labute approximate surface area is 218 Å². The average molecular weight is 543 g/mol. The predicted octanol–water partition coefficient (Wildman–Crippen LogP) is 5.95. The first-order chi connectivity index (χ1) is 17.0. The number of hydrogen-bond acceptors (Lipinski definition) is 7. The molecule has 8 nitrogen and oxygen atoms in total. The summed E-state index contributed by atoms with van der Waals surface area (Å²) in [6.07, 6.45) is -2.76. The molecule has 0 aliphatic carbocycles. The highest BCUT2D eigenvalue weighted by molar-refractivity contribution is 5.83. The Bertz CT molecular complexity index is 704. The Morgan fingerprint density at radius 1 is 0.838 bits per heavy atom. The van der Waals surface area contributed by atoms with Gasteiger partial charge in [0.05, 0.1) is 43.8 Å². The second kappa shape index (κ2) is 18.0. The Hall–Kier alpha value is -2.33. The summed E-state index contributed by atoms with van der Waals surface area (Å²) in [5.74, 6) is -4.45. The van der Waals surface area contributed by atoms with Crippen LogP contribution in [0.2, 0.25) is 0 Å². The summed E-state index contributed by atoms with van der Waals surface area (Å²) >= 11 is 0. The maximum atomic E-state index is 12.8. The van der Waals surface area contributed by atoms with Crippen molar-refractivity contribution in [3.05, 3.63) is 0 Å². The molecule has 0 aromatic carbocycles. The maximum absolute atomic E-state index is 12.8. The monoisotopic (exact) mass is 542 g/mol. The molecular weight excluding hydrogens is 497 g/mol. The smallest absolute Gasteiger partial charge is 0.392 e. The van der Waals surface area contributed by atoms with Crippen LogP contribution in [0.3, 0.4) is 0 Å². The molecule has 11 heteroatoms. The van der Waals surface area contributed by atoms with E-state index in [2.05, 4.69) is 37.2 Å². The lowest BCUT2D eigenvalue weighted by molar-refractivity contribution is -0.213. The van der Waals surface area contributed by atoms with E-state index in [1.165, 1.54) is 13.8 Å². The molecule has 0 aliphatic rings. The zero-order chi connectivity index (χ0) is 29.4. The van der Waals surface area contributed by atoms with E-state index in [0.717, 1.165) is 33.1 Å². The molecule has 218 valence electrons. The van der Waals surface area contributed by atoms with E-state index in [4.69, 9.17) is 9.84 Å². The number of halogens is 3. The van der Waals surface area contributed by atoms with Crippen molar-refractivity contribution in [2.24, 2.45) is 23.2 Å². The van der Waals surface area contributed by atoms with Crippen LogP contribution in [0.15, 0.2) is 0 Å². The number of carboxylic acid groups (broad SMARTS) is 1. The minimum atomic E-state index is -4.60. The van der Waals surface area contributed by atoms with Gasteiger partial charge in [-0.2, -0.15) is 13.2 Å². The number of esters is 3. The number of carbonyl (C=O) groups excluding carboxylic acids is 3. The highest BCUT2D eigenvalue weighted by atomic mass is 19.4. The molecule has 0 radical (unpaired) electrons. The third-order valence-electron chi connectivity index (χ3n) is 6.11. The van der Waals surface area contributed by atoms with Crippen molar-refractivity contribution in [3.63, 3.8) is 0 Å². The fraction of sp³-hybridized carbons (Fsp3) is 0.846. The Kier molecular flexibility index (Phi) is 17.9. The number of ether oxygens (including phenoxy) is 3. The highest BCUT2D eigenvalue weighted by Gasteiger charge is 2.54. The van der Waals surface area contributed by atoms with Gasteiger partial charge in [0.2, 0.25) is 0 Å². The van der Waals surface area contributed by atoms with Gasteiger partial charge in [-0.1, -0.05) is 34.6 Å². The van der Waals surface area contributed by atoms with Gasteiger partial charge in [-0.3, -0.25) is 19.2 Å². The SMILES string of the molecule is CCC(CC)C(CC(C)C)OC(=O)CCC(=O)O.CCOC(=O)CC(C)(C(=O)OCC)C(C)C(F)(F)F. The molecule has 0 aromatic rings. The largest absolute Gasteiger partial charge is 0.481 e. The van der Waals surface area contributed by atoms with Crippen molar-refractivity contribution in [3.8, 4) is 0 Å². The van der Waals surface area contributed by atoms with Crippen LogP contribution in [-0.2, 0) is 33.4 Å². The summed E-state index contributed by atoms with van der Waals surface area (Å²) in [5.41, 5.74) is -1.99. The molecule has 37 heavy (non-hydrogen) atoms. The van der Waals surface area contributed by atoms with E-state index in [1.807, 2.05) is 0 Å². The van der Waals surface area contributed by atoms with E-state index in [-0.39, 0.29) is 32.2 Å². The van der Waals surface area contributed by atoms with Crippen molar-refractivity contribution in [1.29, 1.82) is 0 Å². The molecule has 1 N–H and O–H groups in total. The number of rotatable bonds is 15. The summed E-state index contributed by atoms with van der Waals surface area (Å²) in [7, 11) is 0. The minimum Gasteiger partial charge on any atom is -0.481 e. The molecule has 0 saturated heterocycles. The van der Waals surface area contributed by atoms with Gasteiger partial charge in [0, 0.05) is 0 Å². The molecule has 0 amide bonds. The topological polar surface area (TPSA) is 116 Å². The number of alkyl halides is 3. The number of hydrogen-bond donors (Lipinski definition) is 1. The van der Waals surface area contributed by atoms with Gasteiger partial charge in [-0.05, 0) is 51.9 Å². The molecule has 0 fully saturated rings. The van der Waals surface area contributed by atoms with Crippen LogP contribution in [0.25, 0.3) is 0 Å². The van der Waals surface area contributed by atoms with Crippen LogP contribution in [-0.4, -0.2) is 54.5 Å². The molecule has 0 heterocycles. The number of carbonyl (C=O) groups is 4. The second-order valence-corrected chi connectivity index (χ2v) is 9.51. The van der Waals surface area contributed by atoms with Crippen molar-refractivity contribution in [2.45, 2.75) is 106 Å². The molecule has 0 saturated carbocycles. The summed E-state index contributed by atoms with van der Waals surface area (Å²) in [6.45, 7) is 13.3. The van der Waals surface area contributed by atoms with Gasteiger partial charge >= 0.3 is 30.1 Å². The highest BCUT2D eigenvalue weighted by Crippen LogP contribution is 2.43. The van der Waals surface area contributed by atoms with Crippen LogP contribution >= 0.6 is 0 Å². The molecule has 0 aromatic heterocycles. The van der Waals surface area contributed by atoms with Crippen molar-refractivity contribution < 1.29 is 51.7 Å². The van der Waals surface area contributed by atoms with Crippen LogP contribution in [0.4, 0.5) is 13.2 Å². The summed E-state index contributed by atoms with van der Waals surface area (Å²) in [4.78, 5) is 45.2. The van der Waals surface area contributed by atoms with Crippen molar-refractivity contribution in [2.75, 3.05) is 13.2 Å². The predicted molar refractivity (Wildman–Crippen MR) is 131 cm³/mol. The van der Waals surface area contributed by atoms with Gasteiger partial charge in [0.15, 0.2) is 0 Å². The fourth-order valence-electron chi connectivity index (χ4n) is 3.62. The summed E-state index contributed by atoms with van der Waals surface area (Å²) in [6, 6.07) is 0. The van der Waals surface area contributed by atoms with Crippen molar-refractivity contribution >= 4 is 23.9 Å². The van der Waals surface area contributed by atoms with Gasteiger partial charge < -0.3 is 19.3 Å². The Balaban J connectivity index is 0. The van der Waals surface area contributed by atoms with Crippen LogP contribution in [0.1, 0.15) is 93.9 Å². The zero-order valence-electron chi connectivity index (χ0n) is 23.4. The van der Waals surface area contributed by atoms with Crippen molar-refractivity contribution in [1.82, 2.24) is 0 Å². The molecule has 3 unspecified atom stereocenters. The number of carboxylic acids is 1. The lowest BCUT2D eigenvalue weighted by Crippen LogP contribution is -2.44. The number of aliphatic carboxylic acids is 1. The van der Waals surface area contributed by atoms with Crippen LogP contribution in [0, 0.1) is 23.2 Å². The first-order valence-electron chi connectivity index (χ1n) is 12.8. The quantitative estimate of drug-likeness (QED) is 0.199. The minimum absolute atomic E-state index is 0.0376. The molecule has 0 rings (SSSR count). The Morgan fingerprint density at radius 2 is 1.35 bits per heavy atom. The Morgan fingerprint density at radius 3 is 1.73 bits per heavy atom. The lowest BCUT2D eigenvalue weighted by Gasteiger charge is -2.33. The van der Waals surface area contributed by atoms with Gasteiger partial charge in [-0.15, -0.1) is 0 Å². The lowest BCUT2D eigenvalue weighted by atomic mass is 9.75.